The SMILES string of the molecule is CC/C=C\C/C=C\C/C=C\C/C=C\C/C=C\C/C=C\CCCCCCCCCCCCCCCCCCCCCCCCC(=O)OC(COC(=O)CCCCCCCCCCCC/C=C\C/C=C\C/C=C\C/C=C\C/C=C\C/C=C\CC)COP(=O)([O-])OCC[N+](C)(C)C. The number of hydrogen-bond acceptors (Lipinski definition) is 8. The van der Waals surface area contributed by atoms with Crippen LogP contribution in [0.4, 0.5) is 0 Å². The molecule has 10 heteroatoms. The van der Waals surface area contributed by atoms with E-state index in [1.54, 1.807) is 0 Å². The number of phosphoric acid groups is 1. The Morgan fingerprint density at radius 1 is 0.330 bits per heavy atom. The van der Waals surface area contributed by atoms with Crippen molar-refractivity contribution in [3.05, 3.63) is 146 Å². The van der Waals surface area contributed by atoms with Crippen LogP contribution in [-0.4, -0.2) is 70.0 Å². The van der Waals surface area contributed by atoms with Gasteiger partial charge in [0.1, 0.15) is 19.8 Å². The molecule has 2 atom stereocenters. The van der Waals surface area contributed by atoms with E-state index in [0.29, 0.717) is 17.4 Å². The second-order valence-electron chi connectivity index (χ2n) is 26.6. The number of likely N-dealkylation sites (N-methyl/N-ethyl adjacent to an activating group) is 1. The fourth-order valence-corrected chi connectivity index (χ4v) is 11.3. The van der Waals surface area contributed by atoms with Crippen LogP contribution in [-0.2, 0) is 32.7 Å². The Morgan fingerprint density at radius 3 is 0.851 bits per heavy atom. The summed E-state index contributed by atoms with van der Waals surface area (Å²) in [5.41, 5.74) is 0. The lowest BCUT2D eigenvalue weighted by molar-refractivity contribution is -0.870. The van der Waals surface area contributed by atoms with Gasteiger partial charge in [0, 0.05) is 12.8 Å². The van der Waals surface area contributed by atoms with Gasteiger partial charge in [-0.25, -0.2) is 0 Å². The van der Waals surface area contributed by atoms with Gasteiger partial charge in [-0.15, -0.1) is 0 Å². The molecule has 0 aromatic rings. The maximum absolute atomic E-state index is 12.9. The number of rotatable bonds is 70. The Labute approximate surface area is 580 Å². The van der Waals surface area contributed by atoms with E-state index in [-0.39, 0.29) is 32.0 Å². The fraction of sp³-hybridized carbons (Fsp3) is 0.690. The second-order valence-corrected chi connectivity index (χ2v) is 28.0. The van der Waals surface area contributed by atoms with Crippen molar-refractivity contribution >= 4 is 19.8 Å². The Balaban J connectivity index is 3.98. The molecule has 2 unspecified atom stereocenters. The van der Waals surface area contributed by atoms with Crippen LogP contribution >= 0.6 is 7.82 Å². The molecule has 0 aliphatic heterocycles. The lowest BCUT2D eigenvalue weighted by Crippen LogP contribution is -2.37. The van der Waals surface area contributed by atoms with Crippen LogP contribution in [0.15, 0.2) is 146 Å². The van der Waals surface area contributed by atoms with E-state index >= 15 is 0 Å². The van der Waals surface area contributed by atoms with Crippen LogP contribution in [0.5, 0.6) is 0 Å². The number of nitrogens with zero attached hydrogens (tertiary/aromatic N) is 1. The number of hydrogen-bond donors (Lipinski definition) is 0. The average Bonchev–Trinajstić information content (AvgIpc) is 1.57. The minimum absolute atomic E-state index is 0.0357. The first-order valence-electron chi connectivity index (χ1n) is 38.5. The van der Waals surface area contributed by atoms with E-state index in [1.807, 2.05) is 21.1 Å². The average molecular weight is 1330 g/mol. The number of carbonyl (C=O) groups is 2. The van der Waals surface area contributed by atoms with Crippen LogP contribution < -0.4 is 4.89 Å². The summed E-state index contributed by atoms with van der Waals surface area (Å²) >= 11 is 0. The number of quaternary nitrogens is 1. The van der Waals surface area contributed by atoms with Gasteiger partial charge >= 0.3 is 11.9 Å². The molecule has 0 spiro atoms. The first-order chi connectivity index (χ1) is 46.0. The number of allylic oxidation sites excluding steroid dienone is 24. The molecule has 0 N–H and O–H groups in total. The van der Waals surface area contributed by atoms with E-state index < -0.39 is 26.5 Å². The van der Waals surface area contributed by atoms with E-state index in [1.165, 1.54) is 161 Å². The molecular formula is C84H144NO8P. The third-order valence-corrected chi connectivity index (χ3v) is 17.3. The summed E-state index contributed by atoms with van der Waals surface area (Å²) in [6, 6.07) is 0. The van der Waals surface area contributed by atoms with Gasteiger partial charge in [-0.3, -0.25) is 14.2 Å². The zero-order chi connectivity index (χ0) is 68.3. The molecule has 0 radical (unpaired) electrons. The zero-order valence-corrected chi connectivity index (χ0v) is 62.3. The monoisotopic (exact) mass is 1330 g/mol. The highest BCUT2D eigenvalue weighted by atomic mass is 31.2. The Kier molecular flexibility index (Phi) is 69.9. The van der Waals surface area contributed by atoms with Crippen LogP contribution in [0.1, 0.15) is 322 Å². The molecule has 0 saturated heterocycles. The van der Waals surface area contributed by atoms with Gasteiger partial charge in [0.15, 0.2) is 6.10 Å². The standard InChI is InChI=1S/C84H144NO8P/c1-6-8-10-12-14-16-18-20-22-24-26-28-30-32-34-36-37-38-39-40-41-42-43-44-45-46-47-49-51-53-55-57-59-61-63-65-67-69-71-73-75-77-84(87)93-82(81-92-94(88,89)91-79-78-85(3,4)5)80-90-83(86)76-74-72-70-68-66-64-62-60-58-56-54-52-50-48-35-33-31-29-27-25-23-21-19-17-15-13-11-9-7-2/h8-11,14-17,20-23,26-29,32-35,37-38,50,52,82H,6-7,12-13,18-19,24-25,30-31,36,39-49,51,53-81H2,1-5H3/b10-8-,11-9-,16-14-,17-15-,22-20-,23-21-,28-26-,29-27-,34-32-,35-33-,38-37-,52-50-. The largest absolute Gasteiger partial charge is 0.756 e. The topological polar surface area (TPSA) is 111 Å². The summed E-state index contributed by atoms with van der Waals surface area (Å²) in [6.45, 7) is 4.03. The molecule has 0 rings (SSSR count). The first kappa shape index (κ1) is 89.9. The predicted molar refractivity (Wildman–Crippen MR) is 406 cm³/mol. The van der Waals surface area contributed by atoms with Crippen LogP contribution in [0.3, 0.4) is 0 Å². The van der Waals surface area contributed by atoms with E-state index in [9.17, 15) is 19.0 Å². The lowest BCUT2D eigenvalue weighted by atomic mass is 10.0. The van der Waals surface area contributed by atoms with E-state index in [0.717, 1.165) is 128 Å². The third kappa shape index (κ3) is 76.9. The molecule has 0 aliphatic rings. The summed E-state index contributed by atoms with van der Waals surface area (Å²) < 4.78 is 34.4. The van der Waals surface area contributed by atoms with Gasteiger partial charge in [0.05, 0.1) is 27.7 Å². The van der Waals surface area contributed by atoms with Gasteiger partial charge in [0.25, 0.3) is 7.82 Å². The molecule has 0 fully saturated rings. The summed E-state index contributed by atoms with van der Waals surface area (Å²) in [7, 11) is 1.16. The molecule has 0 aliphatic carbocycles. The van der Waals surface area contributed by atoms with E-state index in [4.69, 9.17) is 18.5 Å². The van der Waals surface area contributed by atoms with Crippen molar-refractivity contribution in [1.82, 2.24) is 0 Å². The Hall–Kier alpha value is -4.11. The Morgan fingerprint density at radius 2 is 0.574 bits per heavy atom. The molecule has 0 aromatic heterocycles. The first-order valence-corrected chi connectivity index (χ1v) is 40.0. The van der Waals surface area contributed by atoms with E-state index in [2.05, 4.69) is 160 Å². The summed E-state index contributed by atoms with van der Waals surface area (Å²) in [5.74, 6) is -0.833. The summed E-state index contributed by atoms with van der Waals surface area (Å²) in [5, 5.41) is 0. The normalized spacial score (nSPS) is 13.9. The highest BCUT2D eigenvalue weighted by molar-refractivity contribution is 7.45. The van der Waals surface area contributed by atoms with Crippen molar-refractivity contribution in [3.63, 3.8) is 0 Å². The van der Waals surface area contributed by atoms with Crippen molar-refractivity contribution in [2.75, 3.05) is 47.5 Å². The third-order valence-electron chi connectivity index (χ3n) is 16.4. The smallest absolute Gasteiger partial charge is 0.306 e. The van der Waals surface area contributed by atoms with Crippen molar-refractivity contribution in [2.24, 2.45) is 0 Å². The van der Waals surface area contributed by atoms with Crippen molar-refractivity contribution in [3.8, 4) is 0 Å². The molecule has 0 saturated carbocycles. The second kappa shape index (κ2) is 73.1. The maximum atomic E-state index is 12.9. The van der Waals surface area contributed by atoms with Gasteiger partial charge in [0.2, 0.25) is 0 Å². The van der Waals surface area contributed by atoms with Gasteiger partial charge in [-0.2, -0.15) is 0 Å². The summed E-state index contributed by atoms with van der Waals surface area (Å²) in [4.78, 5) is 38.2. The highest BCUT2D eigenvalue weighted by Crippen LogP contribution is 2.38. The van der Waals surface area contributed by atoms with Crippen molar-refractivity contribution in [1.29, 1.82) is 0 Å². The number of carbonyl (C=O) groups excluding carboxylic acids is 2. The van der Waals surface area contributed by atoms with Crippen LogP contribution in [0.2, 0.25) is 0 Å². The number of unbranched alkanes of at least 4 members (excludes halogenated alkanes) is 32. The molecule has 538 valence electrons. The molecular weight excluding hydrogens is 1180 g/mol. The van der Waals surface area contributed by atoms with Crippen LogP contribution in [0.25, 0.3) is 0 Å². The number of esters is 2. The zero-order valence-electron chi connectivity index (χ0n) is 61.4. The van der Waals surface area contributed by atoms with Gasteiger partial charge in [-0.1, -0.05) is 339 Å². The molecule has 0 aromatic carbocycles. The fourth-order valence-electron chi connectivity index (χ4n) is 10.5. The van der Waals surface area contributed by atoms with Crippen molar-refractivity contribution in [2.45, 2.75) is 328 Å². The molecule has 0 bridgehead atoms. The van der Waals surface area contributed by atoms with Crippen molar-refractivity contribution < 1.29 is 42.1 Å². The lowest BCUT2D eigenvalue weighted by Gasteiger charge is -2.28. The molecule has 9 nitrogen and oxygen atoms in total. The Bertz CT molecular complexity index is 2100. The van der Waals surface area contributed by atoms with Gasteiger partial charge in [-0.05, 0) is 116 Å². The number of ether oxygens (including phenoxy) is 2. The molecule has 94 heavy (non-hydrogen) atoms. The maximum Gasteiger partial charge on any atom is 0.306 e. The molecule has 0 heterocycles. The predicted octanol–water partition coefficient (Wildman–Crippen LogP) is 25.1. The minimum atomic E-state index is -4.65. The highest BCUT2D eigenvalue weighted by Gasteiger charge is 2.22. The van der Waals surface area contributed by atoms with Crippen LogP contribution in [0, 0.1) is 0 Å². The van der Waals surface area contributed by atoms with Gasteiger partial charge < -0.3 is 27.9 Å². The minimum Gasteiger partial charge on any atom is -0.756 e. The quantitative estimate of drug-likeness (QED) is 0.0195. The molecule has 0 amide bonds. The number of phosphoric ester groups is 1. The summed E-state index contributed by atoms with van der Waals surface area (Å²) in [6.07, 6.45) is 108.